The zero-order valence-electron chi connectivity index (χ0n) is 12.8. The summed E-state index contributed by atoms with van der Waals surface area (Å²) in [6.07, 6.45) is 6.22. The highest BCUT2D eigenvalue weighted by atomic mass is 16.3. The second-order valence-corrected chi connectivity index (χ2v) is 7.18. The molecule has 2 N–H and O–H groups in total. The van der Waals surface area contributed by atoms with Crippen molar-refractivity contribution in [3.63, 3.8) is 0 Å². The molecule has 0 heterocycles. The van der Waals surface area contributed by atoms with Crippen molar-refractivity contribution in [2.45, 2.75) is 64.1 Å². The molecule has 0 radical (unpaired) electrons. The highest BCUT2D eigenvalue weighted by Gasteiger charge is 2.54. The number of rotatable bonds is 1. The van der Waals surface area contributed by atoms with Gasteiger partial charge in [-0.1, -0.05) is 38.0 Å². The van der Waals surface area contributed by atoms with Gasteiger partial charge in [-0.05, 0) is 37.5 Å². The van der Waals surface area contributed by atoms with Crippen molar-refractivity contribution in [2.24, 2.45) is 29.6 Å². The van der Waals surface area contributed by atoms with E-state index in [0.29, 0.717) is 18.1 Å². The van der Waals surface area contributed by atoms with Crippen LogP contribution in [0.5, 0.6) is 0 Å². The van der Waals surface area contributed by atoms with Gasteiger partial charge in [0.1, 0.15) is 11.9 Å². The number of hydrogen-bond donors (Lipinski definition) is 2. The maximum Gasteiger partial charge on any atom is 0.139 e. The first-order valence-electron chi connectivity index (χ1n) is 8.50. The van der Waals surface area contributed by atoms with Gasteiger partial charge in [0.05, 0.1) is 12.0 Å². The molecule has 3 fully saturated rings. The van der Waals surface area contributed by atoms with Crippen LogP contribution in [0.2, 0.25) is 0 Å². The second kappa shape index (κ2) is 6.10. The summed E-state index contributed by atoms with van der Waals surface area (Å²) in [5.41, 5.74) is 0. The Hall–Kier alpha value is -0.850. The average Bonchev–Trinajstić information content (AvgIpc) is 2.53. The molecule has 3 rings (SSSR count). The molecule has 3 aliphatic rings. The summed E-state index contributed by atoms with van der Waals surface area (Å²) < 4.78 is 0. The second-order valence-electron chi connectivity index (χ2n) is 7.18. The summed E-state index contributed by atoms with van der Waals surface area (Å²) in [5.74, 6) is 6.99. The van der Waals surface area contributed by atoms with E-state index >= 15 is 0 Å². The van der Waals surface area contributed by atoms with Crippen LogP contribution >= 0.6 is 0 Å². The molecule has 0 aromatic heterocycles. The van der Waals surface area contributed by atoms with Gasteiger partial charge in [0.2, 0.25) is 0 Å². The standard InChI is InChI=1S/C18H26O3/c1-11-17-13(16(20)10-8-14(17)18(11)21)7-9-15(19)12-5-3-2-4-6-12/h11-17,19-20H,2-6,8,10H2,1H3/t11-,13-,14-,15+,16+,17+/m0/s1. The van der Waals surface area contributed by atoms with E-state index in [1.807, 2.05) is 6.92 Å². The van der Waals surface area contributed by atoms with Crippen LogP contribution in [0.4, 0.5) is 0 Å². The van der Waals surface area contributed by atoms with Gasteiger partial charge < -0.3 is 10.2 Å². The number of ketones is 1. The Kier molecular flexibility index (Phi) is 4.38. The zero-order valence-corrected chi connectivity index (χ0v) is 12.8. The average molecular weight is 290 g/mol. The molecular formula is C18H26O3. The Morgan fingerprint density at radius 1 is 1.14 bits per heavy atom. The van der Waals surface area contributed by atoms with E-state index in [1.54, 1.807) is 0 Å². The minimum Gasteiger partial charge on any atom is -0.392 e. The predicted octanol–water partition coefficient (Wildman–Crippen LogP) is 2.15. The number of carbonyl (C=O) groups excluding carboxylic acids is 1. The van der Waals surface area contributed by atoms with E-state index in [1.165, 1.54) is 19.3 Å². The summed E-state index contributed by atoms with van der Waals surface area (Å²) in [4.78, 5) is 11.9. The lowest BCUT2D eigenvalue weighted by Crippen LogP contribution is -2.55. The van der Waals surface area contributed by atoms with Crippen LogP contribution in [0.3, 0.4) is 0 Å². The summed E-state index contributed by atoms with van der Waals surface area (Å²) in [7, 11) is 0. The van der Waals surface area contributed by atoms with Gasteiger partial charge in [-0.25, -0.2) is 0 Å². The molecule has 3 saturated carbocycles. The smallest absolute Gasteiger partial charge is 0.139 e. The number of carbonyl (C=O) groups is 1. The van der Waals surface area contributed by atoms with Crippen LogP contribution in [0.25, 0.3) is 0 Å². The van der Waals surface area contributed by atoms with Crippen LogP contribution in [0.15, 0.2) is 0 Å². The van der Waals surface area contributed by atoms with Crippen molar-refractivity contribution < 1.29 is 15.0 Å². The third kappa shape index (κ3) is 2.76. The molecule has 0 unspecified atom stereocenters. The molecule has 0 amide bonds. The molecule has 116 valence electrons. The summed E-state index contributed by atoms with van der Waals surface area (Å²) in [6, 6.07) is 0. The monoisotopic (exact) mass is 290 g/mol. The molecule has 0 aromatic carbocycles. The highest BCUT2D eigenvalue weighted by molar-refractivity contribution is 5.90. The Balaban J connectivity index is 1.68. The van der Waals surface area contributed by atoms with Crippen LogP contribution in [0, 0.1) is 41.4 Å². The molecule has 0 aromatic rings. The van der Waals surface area contributed by atoms with E-state index in [0.717, 1.165) is 19.3 Å². The largest absolute Gasteiger partial charge is 0.392 e. The Morgan fingerprint density at radius 2 is 1.86 bits per heavy atom. The molecule has 0 aliphatic heterocycles. The normalized spacial score (nSPS) is 41.5. The van der Waals surface area contributed by atoms with Gasteiger partial charge in [-0.15, -0.1) is 0 Å². The van der Waals surface area contributed by atoms with Gasteiger partial charge in [-0.3, -0.25) is 4.79 Å². The van der Waals surface area contributed by atoms with Crippen molar-refractivity contribution in [1.29, 1.82) is 0 Å². The molecule has 3 nitrogen and oxygen atoms in total. The first-order valence-corrected chi connectivity index (χ1v) is 8.50. The van der Waals surface area contributed by atoms with Gasteiger partial charge in [0.25, 0.3) is 0 Å². The molecule has 0 saturated heterocycles. The number of aliphatic hydroxyl groups excluding tert-OH is 2. The lowest BCUT2D eigenvalue weighted by molar-refractivity contribution is -0.151. The van der Waals surface area contributed by atoms with Crippen molar-refractivity contribution in [2.75, 3.05) is 0 Å². The Morgan fingerprint density at radius 3 is 2.57 bits per heavy atom. The molecule has 3 heteroatoms. The molecule has 0 spiro atoms. The first kappa shape index (κ1) is 15.1. The van der Waals surface area contributed by atoms with E-state index in [2.05, 4.69) is 11.8 Å². The first-order chi connectivity index (χ1) is 10.1. The molecule has 6 atom stereocenters. The van der Waals surface area contributed by atoms with Crippen LogP contribution in [-0.4, -0.2) is 28.2 Å². The van der Waals surface area contributed by atoms with Crippen molar-refractivity contribution in [3.8, 4) is 11.8 Å². The summed E-state index contributed by atoms with van der Waals surface area (Å²) in [6.45, 7) is 1.95. The van der Waals surface area contributed by atoms with E-state index < -0.39 is 12.2 Å². The SMILES string of the molecule is C[C@@H]1C(=O)[C@H]2CC[C@@H](O)[C@H](C#C[C@@H](O)C3CCCCC3)[C@@H]12. The fraction of sp³-hybridized carbons (Fsp3) is 0.833. The number of hydrogen-bond acceptors (Lipinski definition) is 3. The third-order valence-corrected chi connectivity index (χ3v) is 5.95. The fourth-order valence-electron chi connectivity index (χ4n) is 4.57. The number of fused-ring (bicyclic) bond motifs is 1. The topological polar surface area (TPSA) is 57.5 Å². The van der Waals surface area contributed by atoms with Gasteiger partial charge in [0.15, 0.2) is 0 Å². The van der Waals surface area contributed by atoms with Crippen LogP contribution in [0.1, 0.15) is 51.9 Å². The quantitative estimate of drug-likeness (QED) is 0.728. The maximum absolute atomic E-state index is 11.9. The van der Waals surface area contributed by atoms with Crippen LogP contribution in [-0.2, 0) is 4.79 Å². The van der Waals surface area contributed by atoms with Crippen molar-refractivity contribution >= 4 is 5.78 Å². The highest BCUT2D eigenvalue weighted by Crippen LogP contribution is 2.49. The summed E-state index contributed by atoms with van der Waals surface area (Å²) >= 11 is 0. The van der Waals surface area contributed by atoms with Gasteiger partial charge in [-0.2, -0.15) is 0 Å². The van der Waals surface area contributed by atoms with Crippen molar-refractivity contribution in [1.82, 2.24) is 0 Å². The number of aliphatic hydroxyl groups is 2. The Labute approximate surface area is 127 Å². The third-order valence-electron chi connectivity index (χ3n) is 5.95. The van der Waals surface area contributed by atoms with Gasteiger partial charge in [0, 0.05) is 11.8 Å². The van der Waals surface area contributed by atoms with E-state index in [4.69, 9.17) is 0 Å². The summed E-state index contributed by atoms with van der Waals surface area (Å²) in [5, 5.41) is 20.5. The van der Waals surface area contributed by atoms with Gasteiger partial charge >= 0.3 is 0 Å². The minimum absolute atomic E-state index is 0.0241. The lowest BCUT2D eigenvalue weighted by atomic mass is 9.53. The molecular weight excluding hydrogens is 264 g/mol. The van der Waals surface area contributed by atoms with E-state index in [-0.39, 0.29) is 23.7 Å². The van der Waals surface area contributed by atoms with Crippen molar-refractivity contribution in [3.05, 3.63) is 0 Å². The fourth-order valence-corrected chi connectivity index (χ4v) is 4.57. The maximum atomic E-state index is 11.9. The Bertz CT molecular complexity index is 455. The van der Waals surface area contributed by atoms with E-state index in [9.17, 15) is 15.0 Å². The predicted molar refractivity (Wildman–Crippen MR) is 80.2 cm³/mol. The number of Topliss-reactive ketones (excluding diaryl/α,β-unsaturated/α-hetero) is 1. The molecule has 21 heavy (non-hydrogen) atoms. The lowest BCUT2D eigenvalue weighted by Gasteiger charge is -2.49. The molecule has 0 bridgehead atoms. The molecule has 3 aliphatic carbocycles. The minimum atomic E-state index is -0.566. The zero-order chi connectivity index (χ0) is 15.0. The van der Waals surface area contributed by atoms with Crippen LogP contribution < -0.4 is 0 Å².